The van der Waals surface area contributed by atoms with E-state index in [9.17, 15) is 8.39 Å². The fraction of sp³-hybridized carbons (Fsp3) is 1.00. The zero-order valence-electron chi connectivity index (χ0n) is 3.52. The number of rotatable bonds is 2. The Morgan fingerprint density at radius 1 is 1.50 bits per heavy atom. The predicted octanol–water partition coefficient (Wildman–Crippen LogP) is 3.98. The van der Waals surface area contributed by atoms with Gasteiger partial charge in [0, 0.05) is 0 Å². The first-order valence-electron chi connectivity index (χ1n) is 1.49. The van der Waals surface area contributed by atoms with Crippen LogP contribution in [0.4, 0.5) is 8.39 Å². The summed E-state index contributed by atoms with van der Waals surface area (Å²) in [5.41, 5.74) is 0. The Hall–Kier alpha value is 1.52. The molecular weight excluding hydrogens is 215 g/mol. The number of hydrogen-bond acceptors (Lipinski definition) is 1. The minimum absolute atomic E-state index is 0.485. The quantitative estimate of drug-likeness (QED) is 0.630. The lowest BCUT2D eigenvalue weighted by Gasteiger charge is -1.99. The second kappa shape index (κ2) is 3.63. The van der Waals surface area contributed by atoms with Gasteiger partial charge in [0.05, 0.1) is 12.5 Å². The second-order valence-corrected chi connectivity index (χ2v) is 8.46. The monoisotopic (exact) mass is 216 g/mol. The van der Waals surface area contributed by atoms with Crippen molar-refractivity contribution in [2.45, 2.75) is 0 Å². The molecule has 0 fully saturated rings. The number of halogens is 4. The van der Waals surface area contributed by atoms with Gasteiger partial charge in [0.1, 0.15) is 0 Å². The highest BCUT2D eigenvalue weighted by molar-refractivity contribution is 8.18. The summed E-state index contributed by atoms with van der Waals surface area (Å²) in [6.07, 6.45) is 0. The molecule has 0 radical (unpaired) electrons. The average Bonchev–Trinajstić information content (AvgIpc) is 1.21. The highest BCUT2D eigenvalue weighted by Gasteiger charge is 2.17. The molecule has 0 saturated carbocycles. The van der Waals surface area contributed by atoms with Crippen molar-refractivity contribution in [1.29, 1.82) is 0 Å². The van der Waals surface area contributed by atoms with E-state index in [0.29, 0.717) is 0 Å². The molecule has 0 aromatic carbocycles. The first kappa shape index (κ1) is 9.52. The summed E-state index contributed by atoms with van der Waals surface area (Å²) in [5, 5.41) is 0. The van der Waals surface area contributed by atoms with E-state index in [0.717, 1.165) is 0 Å². The molecular formula is CH2Cl2F2P2S. The normalized spacial score (nSPS) is 12.6. The standard InChI is InChI=1S/CH2Cl2F2P2S/c2-6(3)1-7(4,5)8/h1H2. The van der Waals surface area contributed by atoms with Gasteiger partial charge < -0.3 is 0 Å². The van der Waals surface area contributed by atoms with Crippen LogP contribution in [0.25, 0.3) is 0 Å². The molecule has 0 N–H and O–H groups in total. The van der Waals surface area contributed by atoms with Crippen LogP contribution in [0.5, 0.6) is 0 Å². The molecule has 0 nitrogen and oxygen atoms in total. The maximum absolute atomic E-state index is 11.7. The maximum atomic E-state index is 11.7. The van der Waals surface area contributed by atoms with E-state index >= 15 is 0 Å². The van der Waals surface area contributed by atoms with Crippen molar-refractivity contribution in [2.75, 3.05) is 5.90 Å². The van der Waals surface area contributed by atoms with Crippen LogP contribution in [-0.2, 0) is 11.8 Å². The minimum atomic E-state index is -4.12. The zero-order valence-corrected chi connectivity index (χ0v) is 7.64. The molecule has 0 heterocycles. The van der Waals surface area contributed by atoms with Gasteiger partial charge in [-0.2, -0.15) is 8.39 Å². The van der Waals surface area contributed by atoms with Crippen LogP contribution in [-0.4, -0.2) is 5.90 Å². The van der Waals surface area contributed by atoms with Crippen molar-refractivity contribution in [1.82, 2.24) is 0 Å². The Bertz CT molecular complexity index is 111. The van der Waals surface area contributed by atoms with Crippen LogP contribution in [0.2, 0.25) is 0 Å². The highest BCUT2D eigenvalue weighted by Crippen LogP contribution is 2.63. The van der Waals surface area contributed by atoms with Crippen molar-refractivity contribution >= 4 is 47.6 Å². The molecule has 0 aliphatic heterocycles. The maximum Gasteiger partial charge on any atom is 0.279 e. The van der Waals surface area contributed by atoms with Crippen LogP contribution in [0.15, 0.2) is 0 Å². The van der Waals surface area contributed by atoms with Crippen LogP contribution in [0.3, 0.4) is 0 Å². The molecule has 8 heavy (non-hydrogen) atoms. The summed E-state index contributed by atoms with van der Waals surface area (Å²) in [6, 6.07) is 0. The lowest BCUT2D eigenvalue weighted by molar-refractivity contribution is 0.749. The first-order valence-corrected chi connectivity index (χ1v) is 7.60. The first-order chi connectivity index (χ1) is 3.42. The molecule has 0 atom stereocenters. The molecule has 0 saturated heterocycles. The van der Waals surface area contributed by atoms with E-state index in [4.69, 9.17) is 22.5 Å². The van der Waals surface area contributed by atoms with E-state index in [2.05, 4.69) is 11.8 Å². The van der Waals surface area contributed by atoms with Gasteiger partial charge in [0.25, 0.3) is 6.66 Å². The molecule has 0 aromatic rings. The average molecular weight is 217 g/mol. The Kier molecular flexibility index (Phi) is 4.32. The van der Waals surface area contributed by atoms with Crippen molar-refractivity contribution in [3.63, 3.8) is 0 Å². The van der Waals surface area contributed by atoms with Crippen LogP contribution >= 0.6 is 35.8 Å². The third-order valence-corrected chi connectivity index (χ3v) is 5.41. The molecule has 0 amide bonds. The lowest BCUT2D eigenvalue weighted by Crippen LogP contribution is -1.63. The van der Waals surface area contributed by atoms with Gasteiger partial charge in [0.2, 0.25) is 0 Å². The molecule has 7 heteroatoms. The predicted molar refractivity (Wildman–Crippen MR) is 40.0 cm³/mol. The second-order valence-electron chi connectivity index (χ2n) is 1.01. The molecule has 0 aromatic heterocycles. The van der Waals surface area contributed by atoms with Gasteiger partial charge in [-0.25, -0.2) is 0 Å². The Labute approximate surface area is 62.1 Å². The van der Waals surface area contributed by atoms with Crippen LogP contribution in [0, 0.1) is 0 Å². The fourth-order valence-corrected chi connectivity index (χ4v) is 5.72. The topological polar surface area (TPSA) is 0 Å². The third kappa shape index (κ3) is 7.52. The summed E-state index contributed by atoms with van der Waals surface area (Å²) < 4.78 is 23.5. The summed E-state index contributed by atoms with van der Waals surface area (Å²) >= 11 is 13.9. The van der Waals surface area contributed by atoms with Gasteiger partial charge in [-0.05, 0) is 11.8 Å². The molecule has 0 spiro atoms. The summed E-state index contributed by atoms with van der Waals surface area (Å²) in [7, 11) is 0. The van der Waals surface area contributed by atoms with E-state index in [-0.39, 0.29) is 0 Å². The third-order valence-electron chi connectivity index (χ3n) is 0.272. The number of hydrogen-bond donors (Lipinski definition) is 0. The van der Waals surface area contributed by atoms with Crippen molar-refractivity contribution < 1.29 is 8.39 Å². The van der Waals surface area contributed by atoms with Crippen molar-refractivity contribution in [3.8, 4) is 0 Å². The molecule has 0 aliphatic rings. The van der Waals surface area contributed by atoms with Crippen LogP contribution in [0.1, 0.15) is 0 Å². The minimum Gasteiger partial charge on any atom is -0.181 e. The molecule has 0 rings (SSSR count). The lowest BCUT2D eigenvalue weighted by atomic mass is 11.9. The van der Waals surface area contributed by atoms with Gasteiger partial charge in [-0.1, -0.05) is 22.5 Å². The van der Waals surface area contributed by atoms with E-state index < -0.39 is 19.2 Å². The summed E-state index contributed by atoms with van der Waals surface area (Å²) in [4.78, 5) is 0. The van der Waals surface area contributed by atoms with Gasteiger partial charge in [-0.3, -0.25) is 0 Å². The van der Waals surface area contributed by atoms with Gasteiger partial charge >= 0.3 is 0 Å². The summed E-state index contributed by atoms with van der Waals surface area (Å²) in [5.74, 6) is -0.485. The fourth-order valence-electron chi connectivity index (χ4n) is 0.124. The zero-order chi connectivity index (χ0) is 6.78. The van der Waals surface area contributed by atoms with Gasteiger partial charge in [0.15, 0.2) is 0 Å². The van der Waals surface area contributed by atoms with Crippen LogP contribution < -0.4 is 0 Å². The molecule has 0 unspecified atom stereocenters. The van der Waals surface area contributed by atoms with E-state index in [1.807, 2.05) is 0 Å². The molecule has 0 aliphatic carbocycles. The van der Waals surface area contributed by atoms with Crippen molar-refractivity contribution in [3.05, 3.63) is 0 Å². The van der Waals surface area contributed by atoms with E-state index in [1.165, 1.54) is 0 Å². The van der Waals surface area contributed by atoms with Gasteiger partial charge in [-0.15, -0.1) is 0 Å². The Morgan fingerprint density at radius 2 is 1.88 bits per heavy atom. The Morgan fingerprint density at radius 3 is 1.88 bits per heavy atom. The van der Waals surface area contributed by atoms with E-state index in [1.54, 1.807) is 0 Å². The summed E-state index contributed by atoms with van der Waals surface area (Å²) in [6.45, 7) is -5.67. The molecule has 0 bridgehead atoms. The highest BCUT2D eigenvalue weighted by atomic mass is 35.9. The Balaban J connectivity index is 3.56. The van der Waals surface area contributed by atoms with Crippen molar-refractivity contribution in [2.24, 2.45) is 0 Å². The smallest absolute Gasteiger partial charge is 0.181 e. The SMILES string of the molecule is FP(F)(=S)CP(Cl)Cl. The largest absolute Gasteiger partial charge is 0.279 e. The molecule has 50 valence electrons.